The van der Waals surface area contributed by atoms with E-state index >= 15 is 0 Å². The average Bonchev–Trinajstić information content (AvgIpc) is 2.47. The molecule has 118 valence electrons. The molecule has 6 heteroatoms. The van der Waals surface area contributed by atoms with E-state index in [4.69, 9.17) is 5.11 Å². The van der Waals surface area contributed by atoms with Crippen molar-refractivity contribution in [3.63, 3.8) is 0 Å². The lowest BCUT2D eigenvalue weighted by Crippen LogP contribution is -2.47. The molecular weight excluding hydrogens is 288 g/mol. The summed E-state index contributed by atoms with van der Waals surface area (Å²) in [6.07, 6.45) is 2.47. The Labute approximate surface area is 127 Å². The van der Waals surface area contributed by atoms with Crippen LogP contribution in [-0.2, 0) is 16.4 Å². The maximum atomic E-state index is 12.7. The van der Waals surface area contributed by atoms with E-state index in [0.29, 0.717) is 11.3 Å². The van der Waals surface area contributed by atoms with E-state index in [9.17, 15) is 8.42 Å². The van der Waals surface area contributed by atoms with Crippen molar-refractivity contribution in [3.8, 4) is 0 Å². The fourth-order valence-electron chi connectivity index (χ4n) is 2.76. The van der Waals surface area contributed by atoms with Gasteiger partial charge in [-0.2, -0.15) is 4.31 Å². The first-order valence-corrected chi connectivity index (χ1v) is 8.75. The summed E-state index contributed by atoms with van der Waals surface area (Å²) in [6, 6.07) is 6.83. The lowest BCUT2D eigenvalue weighted by Gasteiger charge is -2.35. The van der Waals surface area contributed by atoms with Gasteiger partial charge in [-0.1, -0.05) is 12.1 Å². The van der Waals surface area contributed by atoms with Gasteiger partial charge in [0.15, 0.2) is 0 Å². The van der Waals surface area contributed by atoms with Gasteiger partial charge >= 0.3 is 0 Å². The Balaban J connectivity index is 2.16. The number of piperidine rings is 1. The second-order valence-corrected chi connectivity index (χ2v) is 7.69. The Morgan fingerprint density at radius 2 is 2.00 bits per heavy atom. The standard InChI is InChI=1S/C15H24N2O3S/c1-16-10-3-4-14(12-16)17(2)21(19,20)15-7-5-13(6-8-15)9-11-18/h5-8,14,18H,3-4,9-12H2,1-2H3. The summed E-state index contributed by atoms with van der Waals surface area (Å²) in [4.78, 5) is 2.49. The summed E-state index contributed by atoms with van der Waals surface area (Å²) in [5.74, 6) is 0. The van der Waals surface area contributed by atoms with Gasteiger partial charge in [0, 0.05) is 26.2 Å². The Hall–Kier alpha value is -0.950. The number of benzene rings is 1. The maximum Gasteiger partial charge on any atom is 0.243 e. The Bertz CT molecular complexity index is 557. The quantitative estimate of drug-likeness (QED) is 0.879. The van der Waals surface area contributed by atoms with Crippen molar-refractivity contribution in [1.82, 2.24) is 9.21 Å². The molecule has 0 radical (unpaired) electrons. The van der Waals surface area contributed by atoms with Crippen LogP contribution in [0.15, 0.2) is 29.2 Å². The Morgan fingerprint density at radius 3 is 2.57 bits per heavy atom. The predicted molar refractivity (Wildman–Crippen MR) is 82.7 cm³/mol. The minimum atomic E-state index is -3.45. The number of aliphatic hydroxyl groups excluding tert-OH is 1. The van der Waals surface area contributed by atoms with Crippen LogP contribution in [-0.4, -0.2) is 62.6 Å². The van der Waals surface area contributed by atoms with Crippen LogP contribution in [0.25, 0.3) is 0 Å². The van der Waals surface area contributed by atoms with Gasteiger partial charge in [-0.3, -0.25) is 0 Å². The summed E-state index contributed by atoms with van der Waals surface area (Å²) in [5.41, 5.74) is 0.941. The van der Waals surface area contributed by atoms with Gasteiger partial charge in [-0.25, -0.2) is 8.42 Å². The van der Waals surface area contributed by atoms with E-state index < -0.39 is 10.0 Å². The van der Waals surface area contributed by atoms with E-state index in [0.717, 1.165) is 31.5 Å². The number of sulfonamides is 1. The van der Waals surface area contributed by atoms with Crippen molar-refractivity contribution in [2.75, 3.05) is 33.8 Å². The second kappa shape index (κ2) is 6.87. The van der Waals surface area contributed by atoms with Crippen molar-refractivity contribution in [3.05, 3.63) is 29.8 Å². The molecular formula is C15H24N2O3S. The SMILES string of the molecule is CN1CCCC(N(C)S(=O)(=O)c2ccc(CCO)cc2)C1. The number of nitrogens with zero attached hydrogens (tertiary/aromatic N) is 2. The molecule has 1 aliphatic heterocycles. The number of hydrogen-bond donors (Lipinski definition) is 1. The van der Waals surface area contributed by atoms with Gasteiger partial charge in [-0.15, -0.1) is 0 Å². The van der Waals surface area contributed by atoms with E-state index in [2.05, 4.69) is 4.90 Å². The highest BCUT2D eigenvalue weighted by Crippen LogP contribution is 2.22. The molecule has 1 N–H and O–H groups in total. The first kappa shape index (κ1) is 16.4. The summed E-state index contributed by atoms with van der Waals surface area (Å²) < 4.78 is 26.8. The van der Waals surface area contributed by atoms with Gasteiger partial charge in [0.2, 0.25) is 10.0 Å². The highest BCUT2D eigenvalue weighted by molar-refractivity contribution is 7.89. The number of hydrogen-bond acceptors (Lipinski definition) is 4. The first-order valence-electron chi connectivity index (χ1n) is 7.31. The van der Waals surface area contributed by atoms with Crippen LogP contribution in [0, 0.1) is 0 Å². The van der Waals surface area contributed by atoms with Crippen molar-refractivity contribution in [1.29, 1.82) is 0 Å². The van der Waals surface area contributed by atoms with Crippen LogP contribution in [0.1, 0.15) is 18.4 Å². The van der Waals surface area contributed by atoms with E-state index in [1.807, 2.05) is 7.05 Å². The van der Waals surface area contributed by atoms with Crippen molar-refractivity contribution in [2.24, 2.45) is 0 Å². The molecule has 1 aromatic carbocycles. The molecule has 5 nitrogen and oxygen atoms in total. The normalized spacial score (nSPS) is 20.9. The number of likely N-dealkylation sites (N-methyl/N-ethyl adjacent to an activating group) is 2. The van der Waals surface area contributed by atoms with Gasteiger partial charge in [0.1, 0.15) is 0 Å². The smallest absolute Gasteiger partial charge is 0.243 e. The molecule has 21 heavy (non-hydrogen) atoms. The topological polar surface area (TPSA) is 60.9 Å². The first-order chi connectivity index (χ1) is 9.95. The Kier molecular flexibility index (Phi) is 5.37. The number of likely N-dealkylation sites (tertiary alicyclic amines) is 1. The third kappa shape index (κ3) is 3.83. The minimum absolute atomic E-state index is 0.0332. The molecule has 2 rings (SSSR count). The molecule has 1 aliphatic rings. The largest absolute Gasteiger partial charge is 0.396 e. The zero-order chi connectivity index (χ0) is 15.5. The molecule has 0 aliphatic carbocycles. The highest BCUT2D eigenvalue weighted by Gasteiger charge is 2.30. The van der Waals surface area contributed by atoms with E-state index in [1.54, 1.807) is 31.3 Å². The fraction of sp³-hybridized carbons (Fsp3) is 0.600. The van der Waals surface area contributed by atoms with Crippen LogP contribution < -0.4 is 0 Å². The molecule has 1 aromatic rings. The average molecular weight is 312 g/mol. The summed E-state index contributed by atoms with van der Waals surface area (Å²) in [6.45, 7) is 1.87. The van der Waals surface area contributed by atoms with Crippen LogP contribution in [0.2, 0.25) is 0 Å². The Morgan fingerprint density at radius 1 is 1.33 bits per heavy atom. The van der Waals surface area contributed by atoms with Crippen LogP contribution in [0.4, 0.5) is 0 Å². The van der Waals surface area contributed by atoms with Gasteiger partial charge in [0.25, 0.3) is 0 Å². The zero-order valence-electron chi connectivity index (χ0n) is 12.7. The fourth-order valence-corrected chi connectivity index (χ4v) is 4.13. The molecule has 1 saturated heterocycles. The van der Waals surface area contributed by atoms with Gasteiger partial charge < -0.3 is 10.0 Å². The van der Waals surface area contributed by atoms with Crippen LogP contribution >= 0.6 is 0 Å². The number of rotatable bonds is 5. The second-order valence-electron chi connectivity index (χ2n) is 5.70. The lowest BCUT2D eigenvalue weighted by molar-refractivity contribution is 0.187. The van der Waals surface area contributed by atoms with E-state index in [1.165, 1.54) is 4.31 Å². The summed E-state index contributed by atoms with van der Waals surface area (Å²) >= 11 is 0. The lowest BCUT2D eigenvalue weighted by atomic mass is 10.1. The summed E-state index contributed by atoms with van der Waals surface area (Å²) in [5, 5.41) is 8.90. The highest BCUT2D eigenvalue weighted by atomic mass is 32.2. The predicted octanol–water partition coefficient (Wildman–Crippen LogP) is 0.936. The molecule has 0 saturated carbocycles. The van der Waals surface area contributed by atoms with Crippen LogP contribution in [0.3, 0.4) is 0 Å². The summed E-state index contributed by atoms with van der Waals surface area (Å²) in [7, 11) is 0.242. The maximum absolute atomic E-state index is 12.7. The molecule has 0 aromatic heterocycles. The van der Waals surface area contributed by atoms with Crippen molar-refractivity contribution in [2.45, 2.75) is 30.2 Å². The molecule has 0 bridgehead atoms. The van der Waals surface area contributed by atoms with E-state index in [-0.39, 0.29) is 12.6 Å². The molecule has 0 amide bonds. The molecule has 1 unspecified atom stereocenters. The van der Waals surface area contributed by atoms with Gasteiger partial charge in [-0.05, 0) is 50.6 Å². The molecule has 1 atom stereocenters. The van der Waals surface area contributed by atoms with Crippen molar-refractivity contribution >= 4 is 10.0 Å². The third-order valence-electron chi connectivity index (χ3n) is 4.11. The van der Waals surface area contributed by atoms with Gasteiger partial charge in [0.05, 0.1) is 4.90 Å². The molecule has 1 heterocycles. The zero-order valence-corrected chi connectivity index (χ0v) is 13.5. The monoisotopic (exact) mass is 312 g/mol. The van der Waals surface area contributed by atoms with Crippen molar-refractivity contribution < 1.29 is 13.5 Å². The van der Waals surface area contributed by atoms with Crippen LogP contribution in [0.5, 0.6) is 0 Å². The molecule has 0 spiro atoms. The minimum Gasteiger partial charge on any atom is -0.396 e. The number of aliphatic hydroxyl groups is 1. The molecule has 1 fully saturated rings. The third-order valence-corrected chi connectivity index (χ3v) is 6.04.